The first-order valence-corrected chi connectivity index (χ1v) is 6.73. The van der Waals surface area contributed by atoms with Gasteiger partial charge >= 0.3 is 0 Å². The lowest BCUT2D eigenvalue weighted by Crippen LogP contribution is -2.37. The zero-order valence-corrected chi connectivity index (χ0v) is 11.4. The molecule has 104 valence electrons. The van der Waals surface area contributed by atoms with Gasteiger partial charge in [0, 0.05) is 39.5 Å². The van der Waals surface area contributed by atoms with Crippen molar-refractivity contribution in [1.82, 2.24) is 10.2 Å². The molecule has 0 bridgehead atoms. The van der Waals surface area contributed by atoms with Crippen LogP contribution >= 0.6 is 0 Å². The van der Waals surface area contributed by atoms with E-state index in [1.807, 2.05) is 0 Å². The molecule has 5 nitrogen and oxygen atoms in total. The second kappa shape index (κ2) is 7.36. The third-order valence-corrected chi connectivity index (χ3v) is 3.58. The van der Waals surface area contributed by atoms with Gasteiger partial charge in [-0.05, 0) is 18.8 Å². The SMILES string of the molecule is CN(C)C(=O)CCNC(=O)CC1CCCCC1N. The van der Waals surface area contributed by atoms with Crippen LogP contribution in [0.15, 0.2) is 0 Å². The van der Waals surface area contributed by atoms with Gasteiger partial charge in [0.15, 0.2) is 0 Å². The summed E-state index contributed by atoms with van der Waals surface area (Å²) in [5.74, 6) is 0.358. The Bertz CT molecular complexity index is 292. The Kier molecular flexibility index (Phi) is 6.12. The van der Waals surface area contributed by atoms with E-state index in [2.05, 4.69) is 5.32 Å². The minimum absolute atomic E-state index is 0.0175. The fourth-order valence-corrected chi connectivity index (χ4v) is 2.33. The topological polar surface area (TPSA) is 75.4 Å². The van der Waals surface area contributed by atoms with Crippen molar-refractivity contribution < 1.29 is 9.59 Å². The van der Waals surface area contributed by atoms with Gasteiger partial charge in [-0.25, -0.2) is 0 Å². The predicted molar refractivity (Wildman–Crippen MR) is 70.9 cm³/mol. The van der Waals surface area contributed by atoms with Gasteiger partial charge in [0.2, 0.25) is 11.8 Å². The summed E-state index contributed by atoms with van der Waals surface area (Å²) in [6.45, 7) is 0.414. The molecule has 5 heteroatoms. The van der Waals surface area contributed by atoms with Gasteiger partial charge in [0.1, 0.15) is 0 Å². The molecule has 1 aliphatic rings. The first-order valence-electron chi connectivity index (χ1n) is 6.73. The van der Waals surface area contributed by atoms with Crippen LogP contribution in [-0.2, 0) is 9.59 Å². The van der Waals surface area contributed by atoms with E-state index in [1.54, 1.807) is 14.1 Å². The summed E-state index contributed by atoms with van der Waals surface area (Å²) in [6.07, 6.45) is 5.27. The van der Waals surface area contributed by atoms with Gasteiger partial charge in [0.25, 0.3) is 0 Å². The third-order valence-electron chi connectivity index (χ3n) is 3.58. The van der Waals surface area contributed by atoms with Crippen molar-refractivity contribution >= 4 is 11.8 Å². The molecule has 0 aromatic heterocycles. The lowest BCUT2D eigenvalue weighted by atomic mass is 9.83. The van der Waals surface area contributed by atoms with Gasteiger partial charge in [-0.3, -0.25) is 9.59 Å². The quantitative estimate of drug-likeness (QED) is 0.750. The van der Waals surface area contributed by atoms with Crippen molar-refractivity contribution in [3.8, 4) is 0 Å². The Balaban J connectivity index is 2.19. The Morgan fingerprint density at radius 3 is 2.56 bits per heavy atom. The van der Waals surface area contributed by atoms with E-state index >= 15 is 0 Å². The zero-order chi connectivity index (χ0) is 13.5. The van der Waals surface area contributed by atoms with Crippen LogP contribution in [-0.4, -0.2) is 43.4 Å². The Hall–Kier alpha value is -1.10. The van der Waals surface area contributed by atoms with E-state index in [9.17, 15) is 9.59 Å². The average Bonchev–Trinajstić information content (AvgIpc) is 2.32. The Morgan fingerprint density at radius 2 is 1.94 bits per heavy atom. The van der Waals surface area contributed by atoms with Crippen molar-refractivity contribution in [3.63, 3.8) is 0 Å². The van der Waals surface area contributed by atoms with E-state index in [1.165, 1.54) is 17.7 Å². The first kappa shape index (κ1) is 15.0. The van der Waals surface area contributed by atoms with Crippen molar-refractivity contribution in [2.24, 2.45) is 11.7 Å². The summed E-state index contributed by atoms with van der Waals surface area (Å²) in [5.41, 5.74) is 6.00. The molecule has 1 rings (SSSR count). The Labute approximate surface area is 109 Å². The van der Waals surface area contributed by atoms with Crippen molar-refractivity contribution in [2.45, 2.75) is 44.6 Å². The van der Waals surface area contributed by atoms with Crippen LogP contribution in [0.3, 0.4) is 0 Å². The van der Waals surface area contributed by atoms with Crippen LogP contribution in [0.25, 0.3) is 0 Å². The maximum atomic E-state index is 11.7. The minimum atomic E-state index is 0.0175. The Morgan fingerprint density at radius 1 is 1.28 bits per heavy atom. The van der Waals surface area contributed by atoms with Gasteiger partial charge in [-0.2, -0.15) is 0 Å². The third kappa shape index (κ3) is 5.04. The highest BCUT2D eigenvalue weighted by atomic mass is 16.2. The lowest BCUT2D eigenvalue weighted by molar-refractivity contribution is -0.128. The molecule has 3 N–H and O–H groups in total. The molecule has 1 aliphatic carbocycles. The van der Waals surface area contributed by atoms with Gasteiger partial charge in [-0.1, -0.05) is 12.8 Å². The van der Waals surface area contributed by atoms with E-state index < -0.39 is 0 Å². The fourth-order valence-electron chi connectivity index (χ4n) is 2.33. The van der Waals surface area contributed by atoms with E-state index in [-0.39, 0.29) is 17.9 Å². The molecular formula is C13H25N3O2. The van der Waals surface area contributed by atoms with Crippen LogP contribution in [0.1, 0.15) is 38.5 Å². The number of nitrogens with two attached hydrogens (primary N) is 1. The number of rotatable bonds is 5. The van der Waals surface area contributed by atoms with Gasteiger partial charge in [0.05, 0.1) is 0 Å². The van der Waals surface area contributed by atoms with Gasteiger partial charge < -0.3 is 16.0 Å². The summed E-state index contributed by atoms with van der Waals surface area (Å²) in [4.78, 5) is 24.6. The number of carbonyl (C=O) groups excluding carboxylic acids is 2. The molecule has 0 aliphatic heterocycles. The number of amides is 2. The molecule has 0 aromatic rings. The highest BCUT2D eigenvalue weighted by Gasteiger charge is 2.23. The summed E-state index contributed by atoms with van der Waals surface area (Å²) in [5, 5.41) is 2.79. The van der Waals surface area contributed by atoms with Crippen molar-refractivity contribution in [2.75, 3.05) is 20.6 Å². The molecule has 1 fully saturated rings. The van der Waals surface area contributed by atoms with Crippen molar-refractivity contribution in [3.05, 3.63) is 0 Å². The first-order chi connectivity index (χ1) is 8.50. The predicted octanol–water partition coefficient (Wildman–Crippen LogP) is 0.489. The second-order valence-corrected chi connectivity index (χ2v) is 5.30. The number of hydrogen-bond donors (Lipinski definition) is 2. The fraction of sp³-hybridized carbons (Fsp3) is 0.846. The van der Waals surface area contributed by atoms with Crippen LogP contribution in [0.5, 0.6) is 0 Å². The molecule has 2 amide bonds. The normalized spacial score (nSPS) is 23.5. The van der Waals surface area contributed by atoms with E-state index in [4.69, 9.17) is 5.73 Å². The monoisotopic (exact) mass is 255 g/mol. The molecule has 2 atom stereocenters. The minimum Gasteiger partial charge on any atom is -0.356 e. The average molecular weight is 255 g/mol. The van der Waals surface area contributed by atoms with Crippen LogP contribution in [0.4, 0.5) is 0 Å². The number of nitrogens with one attached hydrogen (secondary N) is 1. The second-order valence-electron chi connectivity index (χ2n) is 5.30. The highest BCUT2D eigenvalue weighted by Crippen LogP contribution is 2.25. The number of nitrogens with zero attached hydrogens (tertiary/aromatic N) is 1. The molecule has 0 aromatic carbocycles. The molecule has 0 radical (unpaired) electrons. The van der Waals surface area contributed by atoms with E-state index in [0.29, 0.717) is 25.3 Å². The molecular weight excluding hydrogens is 230 g/mol. The summed E-state index contributed by atoms with van der Waals surface area (Å²) in [6, 6.07) is 0.160. The zero-order valence-electron chi connectivity index (χ0n) is 11.4. The van der Waals surface area contributed by atoms with Gasteiger partial charge in [-0.15, -0.1) is 0 Å². The molecule has 0 heterocycles. The summed E-state index contributed by atoms with van der Waals surface area (Å²) >= 11 is 0. The molecule has 18 heavy (non-hydrogen) atoms. The maximum absolute atomic E-state index is 11.7. The number of carbonyl (C=O) groups is 2. The standard InChI is InChI=1S/C13H25N3O2/c1-16(2)13(18)7-8-15-12(17)9-10-5-3-4-6-11(10)14/h10-11H,3-9,14H2,1-2H3,(H,15,17). The maximum Gasteiger partial charge on any atom is 0.223 e. The van der Waals surface area contributed by atoms with E-state index in [0.717, 1.165) is 12.8 Å². The molecule has 1 saturated carbocycles. The van der Waals surface area contributed by atoms with Crippen LogP contribution < -0.4 is 11.1 Å². The summed E-state index contributed by atoms with van der Waals surface area (Å²) in [7, 11) is 3.43. The molecule has 0 spiro atoms. The smallest absolute Gasteiger partial charge is 0.223 e. The molecule has 0 saturated heterocycles. The number of hydrogen-bond acceptors (Lipinski definition) is 3. The van der Waals surface area contributed by atoms with Crippen molar-refractivity contribution in [1.29, 1.82) is 0 Å². The summed E-state index contributed by atoms with van der Waals surface area (Å²) < 4.78 is 0. The lowest BCUT2D eigenvalue weighted by Gasteiger charge is -2.27. The molecule has 2 unspecified atom stereocenters. The van der Waals surface area contributed by atoms with Crippen LogP contribution in [0, 0.1) is 5.92 Å². The largest absolute Gasteiger partial charge is 0.356 e. The van der Waals surface area contributed by atoms with Crippen LogP contribution in [0.2, 0.25) is 0 Å². The highest BCUT2D eigenvalue weighted by molar-refractivity contribution is 5.78.